The summed E-state index contributed by atoms with van der Waals surface area (Å²) in [5.41, 5.74) is 1.01. The van der Waals surface area contributed by atoms with Crippen LogP contribution in [-0.4, -0.2) is 36.1 Å². The third-order valence-corrected chi connectivity index (χ3v) is 4.66. The van der Waals surface area contributed by atoms with Crippen LogP contribution in [0.1, 0.15) is 31.4 Å². The van der Waals surface area contributed by atoms with Gasteiger partial charge in [0, 0.05) is 19.3 Å². The second-order valence-electron chi connectivity index (χ2n) is 5.93. The minimum Gasteiger partial charge on any atom is -0.355 e. The van der Waals surface area contributed by atoms with Crippen molar-refractivity contribution in [1.29, 1.82) is 0 Å². The Morgan fingerprint density at radius 1 is 1.00 bits per heavy atom. The lowest BCUT2D eigenvalue weighted by molar-refractivity contribution is 0.221. The highest BCUT2D eigenvalue weighted by Gasteiger charge is 2.27. The Labute approximate surface area is 139 Å². The number of halogens is 2. The maximum absolute atomic E-state index is 4.59. The van der Waals surface area contributed by atoms with E-state index in [0.717, 1.165) is 36.4 Å². The lowest BCUT2D eigenvalue weighted by Crippen LogP contribution is -2.39. The fraction of sp³-hybridized carbons (Fsp3) is 0.733. The van der Waals surface area contributed by atoms with E-state index in [9.17, 15) is 0 Å². The molecule has 0 aliphatic carbocycles. The number of aryl methyl sites for hydroxylation is 1. The molecular formula is C15H26Cl2N4. The van der Waals surface area contributed by atoms with Crippen molar-refractivity contribution in [2.24, 2.45) is 11.8 Å². The molecule has 3 heterocycles. The van der Waals surface area contributed by atoms with E-state index in [1.54, 1.807) is 0 Å². The van der Waals surface area contributed by atoms with Gasteiger partial charge in [0.2, 0.25) is 0 Å². The summed E-state index contributed by atoms with van der Waals surface area (Å²) in [6.07, 6.45) is 9.10. The van der Waals surface area contributed by atoms with Crippen LogP contribution < -0.4 is 10.2 Å². The molecule has 3 rings (SSSR count). The van der Waals surface area contributed by atoms with E-state index in [1.807, 2.05) is 19.3 Å². The summed E-state index contributed by atoms with van der Waals surface area (Å²) in [5.74, 6) is 2.94. The third kappa shape index (κ3) is 4.70. The second-order valence-corrected chi connectivity index (χ2v) is 5.93. The van der Waals surface area contributed by atoms with Crippen LogP contribution in [0.2, 0.25) is 0 Å². The number of nitrogens with zero attached hydrogens (tertiary/aromatic N) is 3. The Hall–Kier alpha value is -0.580. The van der Waals surface area contributed by atoms with Crippen LogP contribution in [0.25, 0.3) is 0 Å². The minimum absolute atomic E-state index is 0. The van der Waals surface area contributed by atoms with Gasteiger partial charge in [0.05, 0.1) is 11.9 Å². The van der Waals surface area contributed by atoms with E-state index < -0.39 is 0 Å². The van der Waals surface area contributed by atoms with Gasteiger partial charge < -0.3 is 10.2 Å². The molecule has 4 nitrogen and oxygen atoms in total. The van der Waals surface area contributed by atoms with Crippen molar-refractivity contribution in [3.63, 3.8) is 0 Å². The number of piperidine rings is 2. The smallest absolute Gasteiger partial charge is 0.147 e. The molecule has 1 aromatic rings. The van der Waals surface area contributed by atoms with Crippen LogP contribution in [0.5, 0.6) is 0 Å². The molecule has 120 valence electrons. The maximum atomic E-state index is 4.59. The van der Waals surface area contributed by atoms with Crippen molar-refractivity contribution in [3.8, 4) is 0 Å². The molecule has 0 aromatic carbocycles. The summed E-state index contributed by atoms with van der Waals surface area (Å²) >= 11 is 0. The van der Waals surface area contributed by atoms with Gasteiger partial charge in [0.1, 0.15) is 5.82 Å². The van der Waals surface area contributed by atoms with Crippen LogP contribution in [0.3, 0.4) is 0 Å². The molecule has 0 radical (unpaired) electrons. The average molecular weight is 333 g/mol. The van der Waals surface area contributed by atoms with E-state index in [-0.39, 0.29) is 24.8 Å². The van der Waals surface area contributed by atoms with Crippen LogP contribution in [0.4, 0.5) is 5.82 Å². The number of aromatic nitrogens is 2. The Morgan fingerprint density at radius 3 is 2.24 bits per heavy atom. The SMILES string of the molecule is Cc1cncc(N2CCC(C3CCNCC3)CC2)n1.Cl.Cl. The molecule has 0 spiro atoms. The van der Waals surface area contributed by atoms with Gasteiger partial charge in [-0.05, 0) is 57.5 Å². The van der Waals surface area contributed by atoms with Gasteiger partial charge in [-0.2, -0.15) is 0 Å². The number of rotatable bonds is 2. The molecular weight excluding hydrogens is 307 g/mol. The predicted octanol–water partition coefficient (Wildman–Crippen LogP) is 2.84. The van der Waals surface area contributed by atoms with Gasteiger partial charge in [-0.15, -0.1) is 24.8 Å². The first-order valence-corrected chi connectivity index (χ1v) is 7.57. The maximum Gasteiger partial charge on any atom is 0.147 e. The molecule has 6 heteroatoms. The van der Waals surface area contributed by atoms with Gasteiger partial charge in [0.25, 0.3) is 0 Å². The zero-order chi connectivity index (χ0) is 13.1. The van der Waals surface area contributed by atoms with Crippen LogP contribution in [0, 0.1) is 18.8 Å². The highest BCUT2D eigenvalue weighted by atomic mass is 35.5. The van der Waals surface area contributed by atoms with Crippen LogP contribution in [0.15, 0.2) is 12.4 Å². The molecule has 0 amide bonds. The molecule has 2 aliphatic heterocycles. The van der Waals surface area contributed by atoms with Gasteiger partial charge in [-0.25, -0.2) is 4.98 Å². The Bertz CT molecular complexity index is 416. The molecule has 2 aliphatic rings. The Morgan fingerprint density at radius 2 is 1.62 bits per heavy atom. The monoisotopic (exact) mass is 332 g/mol. The standard InChI is InChI=1S/C15H24N4.2ClH/c1-12-10-17-11-15(18-12)19-8-4-14(5-9-19)13-2-6-16-7-3-13;;/h10-11,13-14,16H,2-9H2,1H3;2*1H. The Balaban J connectivity index is 0.00000110. The fourth-order valence-electron chi connectivity index (χ4n) is 3.52. The summed E-state index contributed by atoms with van der Waals surface area (Å²) in [5, 5.41) is 3.47. The van der Waals surface area contributed by atoms with E-state index in [2.05, 4.69) is 20.2 Å². The lowest BCUT2D eigenvalue weighted by atomic mass is 9.79. The molecule has 1 aromatic heterocycles. The largest absolute Gasteiger partial charge is 0.355 e. The van der Waals surface area contributed by atoms with Gasteiger partial charge in [0.15, 0.2) is 0 Å². The van der Waals surface area contributed by atoms with E-state index in [1.165, 1.54) is 38.8 Å². The van der Waals surface area contributed by atoms with Gasteiger partial charge in [-0.1, -0.05) is 0 Å². The number of hydrogen-bond acceptors (Lipinski definition) is 4. The third-order valence-electron chi connectivity index (χ3n) is 4.66. The summed E-state index contributed by atoms with van der Waals surface area (Å²) in [6.45, 7) is 6.74. The van der Waals surface area contributed by atoms with E-state index in [0.29, 0.717) is 0 Å². The normalized spacial score (nSPS) is 20.5. The first-order valence-electron chi connectivity index (χ1n) is 7.57. The van der Waals surface area contributed by atoms with Crippen LogP contribution >= 0.6 is 24.8 Å². The average Bonchev–Trinajstić information content (AvgIpc) is 2.48. The fourth-order valence-corrected chi connectivity index (χ4v) is 3.52. The van der Waals surface area contributed by atoms with Crippen molar-refractivity contribution in [1.82, 2.24) is 15.3 Å². The zero-order valence-electron chi connectivity index (χ0n) is 12.6. The second kappa shape index (κ2) is 8.76. The summed E-state index contributed by atoms with van der Waals surface area (Å²) in [6, 6.07) is 0. The molecule has 2 fully saturated rings. The quantitative estimate of drug-likeness (QED) is 0.904. The molecule has 0 atom stereocenters. The molecule has 1 N–H and O–H groups in total. The first-order chi connectivity index (χ1) is 9.33. The molecule has 0 saturated carbocycles. The van der Waals surface area contributed by atoms with Crippen molar-refractivity contribution in [3.05, 3.63) is 18.1 Å². The van der Waals surface area contributed by atoms with E-state index >= 15 is 0 Å². The van der Waals surface area contributed by atoms with Crippen molar-refractivity contribution >= 4 is 30.6 Å². The summed E-state index contributed by atoms with van der Waals surface area (Å²) < 4.78 is 0. The summed E-state index contributed by atoms with van der Waals surface area (Å²) in [7, 11) is 0. The topological polar surface area (TPSA) is 41.1 Å². The number of hydrogen-bond donors (Lipinski definition) is 1. The van der Waals surface area contributed by atoms with Gasteiger partial charge in [-0.3, -0.25) is 4.98 Å². The minimum atomic E-state index is 0. The highest BCUT2D eigenvalue weighted by molar-refractivity contribution is 5.85. The van der Waals surface area contributed by atoms with Gasteiger partial charge >= 0.3 is 0 Å². The molecule has 2 saturated heterocycles. The molecule has 0 unspecified atom stereocenters. The van der Waals surface area contributed by atoms with E-state index in [4.69, 9.17) is 0 Å². The first kappa shape index (κ1) is 18.5. The number of anilines is 1. The molecule has 21 heavy (non-hydrogen) atoms. The van der Waals surface area contributed by atoms with Crippen molar-refractivity contribution < 1.29 is 0 Å². The zero-order valence-corrected chi connectivity index (χ0v) is 14.3. The summed E-state index contributed by atoms with van der Waals surface area (Å²) in [4.78, 5) is 11.2. The van der Waals surface area contributed by atoms with Crippen molar-refractivity contribution in [2.75, 3.05) is 31.1 Å². The van der Waals surface area contributed by atoms with Crippen LogP contribution in [-0.2, 0) is 0 Å². The lowest BCUT2D eigenvalue weighted by Gasteiger charge is -2.38. The molecule has 0 bridgehead atoms. The Kier molecular flexibility index (Phi) is 7.71. The van der Waals surface area contributed by atoms with Crippen molar-refractivity contribution in [2.45, 2.75) is 32.6 Å². The highest BCUT2D eigenvalue weighted by Crippen LogP contribution is 2.31. The number of nitrogens with one attached hydrogen (secondary N) is 1. The predicted molar refractivity (Wildman–Crippen MR) is 91.8 cm³/mol.